The van der Waals surface area contributed by atoms with Crippen LogP contribution in [0.1, 0.15) is 51.0 Å². The Hall–Kier alpha value is -0.540. The molecule has 2 atom stereocenters. The van der Waals surface area contributed by atoms with Gasteiger partial charge in [-0.2, -0.15) is 0 Å². The molecule has 2 nitrogen and oxygen atoms in total. The van der Waals surface area contributed by atoms with Crippen molar-refractivity contribution in [2.24, 2.45) is 17.6 Å². The number of hydrogen-bond donors (Lipinski definition) is 2. The normalized spacial score (nSPS) is 29.3. The molecule has 0 spiro atoms. The summed E-state index contributed by atoms with van der Waals surface area (Å²) in [7, 11) is 0. The summed E-state index contributed by atoms with van der Waals surface area (Å²) in [4.78, 5) is 0. The molecule has 2 aliphatic rings. The Bertz CT molecular complexity index is 496. The van der Waals surface area contributed by atoms with E-state index in [2.05, 4.69) is 48.6 Å². The summed E-state index contributed by atoms with van der Waals surface area (Å²) in [6, 6.07) is 11.9. The molecular formula is C20H32Cl2N2. The van der Waals surface area contributed by atoms with E-state index in [1.165, 1.54) is 44.2 Å². The van der Waals surface area contributed by atoms with E-state index in [4.69, 9.17) is 5.73 Å². The Kier molecular flexibility index (Phi) is 9.36. The summed E-state index contributed by atoms with van der Waals surface area (Å²) in [5, 5.41) is 3.81. The van der Waals surface area contributed by atoms with Gasteiger partial charge in [-0.25, -0.2) is 0 Å². The molecule has 2 saturated carbocycles. The van der Waals surface area contributed by atoms with Gasteiger partial charge in [-0.3, -0.25) is 0 Å². The highest BCUT2D eigenvalue weighted by Crippen LogP contribution is 2.40. The van der Waals surface area contributed by atoms with Crippen molar-refractivity contribution in [3.05, 3.63) is 41.5 Å². The van der Waals surface area contributed by atoms with Crippen LogP contribution in [0.3, 0.4) is 0 Å². The van der Waals surface area contributed by atoms with Gasteiger partial charge in [-0.1, -0.05) is 48.9 Å². The van der Waals surface area contributed by atoms with Crippen LogP contribution in [0.2, 0.25) is 0 Å². The van der Waals surface area contributed by atoms with Crippen molar-refractivity contribution in [3.8, 4) is 0 Å². The summed E-state index contributed by atoms with van der Waals surface area (Å²) < 4.78 is 0. The lowest BCUT2D eigenvalue weighted by atomic mass is 9.86. The predicted octanol–water partition coefficient (Wildman–Crippen LogP) is 4.82. The topological polar surface area (TPSA) is 38.0 Å². The predicted molar refractivity (Wildman–Crippen MR) is 109 cm³/mol. The van der Waals surface area contributed by atoms with Crippen LogP contribution in [0.5, 0.6) is 0 Å². The monoisotopic (exact) mass is 370 g/mol. The second-order valence-electron chi connectivity index (χ2n) is 7.12. The number of rotatable bonds is 6. The highest BCUT2D eigenvalue weighted by atomic mass is 35.5. The van der Waals surface area contributed by atoms with E-state index < -0.39 is 0 Å². The third kappa shape index (κ3) is 6.07. The Balaban J connectivity index is 0.00000144. The second-order valence-corrected chi connectivity index (χ2v) is 7.12. The first kappa shape index (κ1) is 21.5. The molecule has 0 aromatic heterocycles. The van der Waals surface area contributed by atoms with Crippen molar-refractivity contribution in [3.63, 3.8) is 0 Å². The van der Waals surface area contributed by atoms with Crippen LogP contribution < -0.4 is 11.1 Å². The van der Waals surface area contributed by atoms with Gasteiger partial charge in [0.2, 0.25) is 0 Å². The average Bonchev–Trinajstić information content (AvgIpc) is 3.32. The SMILES string of the molecule is CC/C(=C\c1ccccc1)[C@@H]1C[C@H]1NCC1CCC(N)CC1.Cl.Cl. The van der Waals surface area contributed by atoms with E-state index in [0.717, 1.165) is 18.3 Å². The van der Waals surface area contributed by atoms with E-state index in [-0.39, 0.29) is 24.8 Å². The van der Waals surface area contributed by atoms with E-state index in [1.54, 1.807) is 5.57 Å². The number of hydrogen-bond acceptors (Lipinski definition) is 2. The van der Waals surface area contributed by atoms with Crippen molar-refractivity contribution in [2.45, 2.75) is 57.5 Å². The van der Waals surface area contributed by atoms with Crippen molar-refractivity contribution in [2.75, 3.05) is 6.54 Å². The summed E-state index contributed by atoms with van der Waals surface area (Å²) in [5.74, 6) is 1.61. The molecule has 1 aromatic rings. The molecule has 0 amide bonds. The maximum Gasteiger partial charge on any atom is 0.0140 e. The van der Waals surface area contributed by atoms with Gasteiger partial charge in [-0.05, 0) is 62.5 Å². The molecular weight excluding hydrogens is 339 g/mol. The fourth-order valence-corrected chi connectivity index (χ4v) is 3.78. The highest BCUT2D eigenvalue weighted by molar-refractivity contribution is 5.85. The molecule has 0 aliphatic heterocycles. The lowest BCUT2D eigenvalue weighted by Gasteiger charge is -2.26. The van der Waals surface area contributed by atoms with E-state index in [1.807, 2.05) is 0 Å². The van der Waals surface area contributed by atoms with Crippen molar-refractivity contribution < 1.29 is 0 Å². The van der Waals surface area contributed by atoms with Crippen LogP contribution in [0.25, 0.3) is 6.08 Å². The minimum atomic E-state index is 0. The van der Waals surface area contributed by atoms with Crippen molar-refractivity contribution in [1.29, 1.82) is 0 Å². The van der Waals surface area contributed by atoms with Crippen molar-refractivity contribution >= 4 is 30.9 Å². The quantitative estimate of drug-likeness (QED) is 0.752. The van der Waals surface area contributed by atoms with E-state index >= 15 is 0 Å². The first-order chi connectivity index (χ1) is 10.8. The van der Waals surface area contributed by atoms with Gasteiger partial charge < -0.3 is 11.1 Å². The van der Waals surface area contributed by atoms with Gasteiger partial charge in [0.1, 0.15) is 0 Å². The number of benzene rings is 1. The van der Waals surface area contributed by atoms with Gasteiger partial charge in [0.05, 0.1) is 0 Å². The van der Waals surface area contributed by atoms with Gasteiger partial charge in [-0.15, -0.1) is 24.8 Å². The molecule has 2 aliphatic carbocycles. The molecule has 1 aromatic carbocycles. The van der Waals surface area contributed by atoms with Crippen LogP contribution in [0, 0.1) is 11.8 Å². The Morgan fingerprint density at radius 3 is 2.42 bits per heavy atom. The highest BCUT2D eigenvalue weighted by Gasteiger charge is 2.39. The van der Waals surface area contributed by atoms with Crippen molar-refractivity contribution in [1.82, 2.24) is 5.32 Å². The Morgan fingerprint density at radius 1 is 1.12 bits per heavy atom. The second kappa shape index (κ2) is 10.5. The molecule has 0 saturated heterocycles. The zero-order valence-corrected chi connectivity index (χ0v) is 16.3. The van der Waals surface area contributed by atoms with Gasteiger partial charge >= 0.3 is 0 Å². The Morgan fingerprint density at radius 2 is 1.79 bits per heavy atom. The number of nitrogens with two attached hydrogens (primary N) is 1. The molecule has 0 unspecified atom stereocenters. The van der Waals surface area contributed by atoms with E-state index in [9.17, 15) is 0 Å². The third-order valence-corrected chi connectivity index (χ3v) is 5.39. The fourth-order valence-electron chi connectivity index (χ4n) is 3.78. The smallest absolute Gasteiger partial charge is 0.0140 e. The molecule has 2 fully saturated rings. The zero-order valence-electron chi connectivity index (χ0n) is 14.6. The van der Waals surface area contributed by atoms with Gasteiger partial charge in [0.25, 0.3) is 0 Å². The molecule has 24 heavy (non-hydrogen) atoms. The van der Waals surface area contributed by atoms with Crippen LogP contribution in [0.4, 0.5) is 0 Å². The summed E-state index contributed by atoms with van der Waals surface area (Å²) in [6.07, 6.45) is 9.93. The molecule has 136 valence electrons. The van der Waals surface area contributed by atoms with Gasteiger partial charge in [0, 0.05) is 12.1 Å². The lowest BCUT2D eigenvalue weighted by molar-refractivity contribution is 0.313. The third-order valence-electron chi connectivity index (χ3n) is 5.39. The van der Waals surface area contributed by atoms with Gasteiger partial charge in [0.15, 0.2) is 0 Å². The summed E-state index contributed by atoms with van der Waals surface area (Å²) in [5.41, 5.74) is 8.94. The Labute approximate surface area is 159 Å². The molecule has 0 bridgehead atoms. The lowest BCUT2D eigenvalue weighted by Crippen LogP contribution is -2.32. The molecule has 3 N–H and O–H groups in total. The molecule has 3 rings (SSSR count). The fraction of sp³-hybridized carbons (Fsp3) is 0.600. The zero-order chi connectivity index (χ0) is 15.4. The first-order valence-electron chi connectivity index (χ1n) is 9.00. The maximum atomic E-state index is 5.99. The molecule has 0 radical (unpaired) electrons. The summed E-state index contributed by atoms with van der Waals surface area (Å²) in [6.45, 7) is 3.48. The van der Waals surface area contributed by atoms with Crippen LogP contribution in [-0.4, -0.2) is 18.6 Å². The minimum Gasteiger partial charge on any atom is -0.328 e. The average molecular weight is 371 g/mol. The first-order valence-corrected chi connectivity index (χ1v) is 9.00. The minimum absolute atomic E-state index is 0. The number of nitrogens with one attached hydrogen (secondary N) is 1. The number of halogens is 2. The maximum absolute atomic E-state index is 5.99. The molecule has 4 heteroatoms. The molecule has 0 heterocycles. The van der Waals surface area contributed by atoms with Crippen LogP contribution in [0.15, 0.2) is 35.9 Å². The summed E-state index contributed by atoms with van der Waals surface area (Å²) >= 11 is 0. The van der Waals surface area contributed by atoms with Crippen LogP contribution >= 0.6 is 24.8 Å². The largest absolute Gasteiger partial charge is 0.328 e. The standard InChI is InChI=1S/C20H30N2.2ClH/c1-2-17(12-15-6-4-3-5-7-15)19-13-20(19)22-14-16-8-10-18(21)11-9-16;;/h3-7,12,16,18-20,22H,2,8-11,13-14,21H2,1H3;2*1H/b17-12+;;/t16?,18?,19-,20+;;/m0../s1. The van der Waals surface area contributed by atoms with E-state index in [0.29, 0.717) is 12.1 Å². The van der Waals surface area contributed by atoms with Crippen LogP contribution in [-0.2, 0) is 0 Å².